The number of fused-ring (bicyclic) bond motifs is 4. The molecule has 0 radical (unpaired) electrons. The molecule has 6 rings (SSSR count). The van der Waals surface area contributed by atoms with Gasteiger partial charge in [0.05, 0.1) is 22.2 Å². The molecule has 0 fully saturated rings. The molecule has 0 saturated carbocycles. The number of rotatable bonds is 6. The Morgan fingerprint density at radius 1 is 0.750 bits per heavy atom. The number of aryl methyl sites for hydroxylation is 1. The van der Waals surface area contributed by atoms with E-state index >= 15 is 0 Å². The molecule has 6 aromatic rings. The first-order valence-corrected chi connectivity index (χ1v) is 14.4. The van der Waals surface area contributed by atoms with Crippen molar-refractivity contribution in [3.63, 3.8) is 0 Å². The van der Waals surface area contributed by atoms with Crippen molar-refractivity contribution in [3.8, 4) is 5.69 Å². The fraction of sp³-hybridized carbons (Fsp3) is 0.162. The number of thiocarbonyl (C=S) groups is 1. The molecule has 2 nitrogen and oxygen atoms in total. The minimum Gasteiger partial charge on any atom is -0.312 e. The van der Waals surface area contributed by atoms with E-state index in [1.54, 1.807) is 0 Å². The third kappa shape index (κ3) is 4.04. The number of hydrogen-bond donors (Lipinski definition) is 0. The largest absolute Gasteiger partial charge is 0.312 e. The summed E-state index contributed by atoms with van der Waals surface area (Å²) >= 11 is 6.20. The summed E-state index contributed by atoms with van der Waals surface area (Å²) in [5.74, 6) is 0.126. The molecule has 0 spiro atoms. The van der Waals surface area contributed by atoms with Crippen LogP contribution in [0.4, 0.5) is 0 Å². The van der Waals surface area contributed by atoms with Crippen molar-refractivity contribution in [1.82, 2.24) is 9.13 Å². The van der Waals surface area contributed by atoms with Crippen LogP contribution in [0.1, 0.15) is 49.1 Å². The highest BCUT2D eigenvalue weighted by Crippen LogP contribution is 2.37. The summed E-state index contributed by atoms with van der Waals surface area (Å²) in [6.45, 7) is 10.8. The van der Waals surface area contributed by atoms with E-state index in [0.29, 0.717) is 0 Å². The molecule has 0 saturated heterocycles. The van der Waals surface area contributed by atoms with E-state index in [4.69, 9.17) is 12.2 Å². The van der Waals surface area contributed by atoms with E-state index in [0.717, 1.165) is 16.2 Å². The highest BCUT2D eigenvalue weighted by molar-refractivity contribution is 7.81. The summed E-state index contributed by atoms with van der Waals surface area (Å²) in [4.78, 5) is 0.954. The third-order valence-corrected chi connectivity index (χ3v) is 8.79. The Morgan fingerprint density at radius 2 is 1.38 bits per heavy atom. The van der Waals surface area contributed by atoms with Crippen molar-refractivity contribution in [1.29, 1.82) is 0 Å². The predicted molar refractivity (Wildman–Crippen MR) is 178 cm³/mol. The van der Waals surface area contributed by atoms with Crippen LogP contribution in [0, 0.1) is 13.8 Å². The maximum Gasteiger partial charge on any atom is 0.0561 e. The highest BCUT2D eigenvalue weighted by Gasteiger charge is 2.23. The topological polar surface area (TPSA) is 9.86 Å². The summed E-state index contributed by atoms with van der Waals surface area (Å²) in [7, 11) is 0. The molecular formula is C37H34N2S. The van der Waals surface area contributed by atoms with Gasteiger partial charge in [0.25, 0.3) is 0 Å². The summed E-state index contributed by atoms with van der Waals surface area (Å²) < 4.78 is 4.75. The number of allylic oxidation sites excluding steroid dienone is 3. The first kappa shape index (κ1) is 26.0. The average molecular weight is 539 g/mol. The van der Waals surface area contributed by atoms with Crippen LogP contribution in [-0.2, 0) is 0 Å². The van der Waals surface area contributed by atoms with Gasteiger partial charge in [0, 0.05) is 43.9 Å². The van der Waals surface area contributed by atoms with Crippen LogP contribution in [0.3, 0.4) is 0 Å². The summed E-state index contributed by atoms with van der Waals surface area (Å²) in [6, 6.07) is 32.8. The van der Waals surface area contributed by atoms with Gasteiger partial charge in [-0.2, -0.15) is 0 Å². The zero-order valence-electron chi connectivity index (χ0n) is 23.8. The van der Waals surface area contributed by atoms with Gasteiger partial charge in [0.15, 0.2) is 0 Å². The molecule has 1 atom stereocenters. The molecule has 2 aromatic heterocycles. The van der Waals surface area contributed by atoms with Gasteiger partial charge < -0.3 is 9.13 Å². The Bertz CT molecular complexity index is 1930. The minimum atomic E-state index is 0.126. The Balaban J connectivity index is 1.56. The molecular weight excluding hydrogens is 504 g/mol. The van der Waals surface area contributed by atoms with Crippen molar-refractivity contribution < 1.29 is 0 Å². The molecule has 4 aromatic carbocycles. The van der Waals surface area contributed by atoms with Gasteiger partial charge in [-0.05, 0) is 69.2 Å². The lowest BCUT2D eigenvalue weighted by Crippen LogP contribution is -2.15. The van der Waals surface area contributed by atoms with Crippen LogP contribution >= 0.6 is 12.2 Å². The summed E-state index contributed by atoms with van der Waals surface area (Å²) in [5, 5.41) is 3.76. The van der Waals surface area contributed by atoms with Crippen molar-refractivity contribution in [2.75, 3.05) is 0 Å². The fourth-order valence-electron chi connectivity index (χ4n) is 6.28. The second kappa shape index (κ2) is 10.4. The van der Waals surface area contributed by atoms with E-state index in [2.05, 4.69) is 153 Å². The second-order valence-electron chi connectivity index (χ2n) is 10.5. The van der Waals surface area contributed by atoms with Crippen LogP contribution in [0.15, 0.2) is 103 Å². The quantitative estimate of drug-likeness (QED) is 0.151. The van der Waals surface area contributed by atoms with Crippen LogP contribution in [0.25, 0.3) is 50.2 Å². The van der Waals surface area contributed by atoms with E-state index in [-0.39, 0.29) is 5.92 Å². The first-order chi connectivity index (χ1) is 19.5. The summed E-state index contributed by atoms with van der Waals surface area (Å²) in [6.07, 6.45) is 6.53. The third-order valence-electron chi connectivity index (χ3n) is 8.22. The van der Waals surface area contributed by atoms with Gasteiger partial charge in [0.2, 0.25) is 0 Å². The molecule has 198 valence electrons. The van der Waals surface area contributed by atoms with Crippen molar-refractivity contribution in [2.45, 2.75) is 40.5 Å². The van der Waals surface area contributed by atoms with Gasteiger partial charge in [-0.15, -0.1) is 0 Å². The Hall–Kier alpha value is -4.21. The number of benzene rings is 4. The van der Waals surface area contributed by atoms with E-state index < -0.39 is 0 Å². The fourth-order valence-corrected chi connectivity index (χ4v) is 6.61. The van der Waals surface area contributed by atoms with Gasteiger partial charge >= 0.3 is 0 Å². The van der Waals surface area contributed by atoms with Gasteiger partial charge in [-0.3, -0.25) is 0 Å². The average Bonchev–Trinajstić information content (AvgIpc) is 3.45. The number of hydrogen-bond acceptors (Lipinski definition) is 1. The predicted octanol–water partition coefficient (Wildman–Crippen LogP) is 10.4. The number of aromatic nitrogens is 2. The first-order valence-electron chi connectivity index (χ1n) is 14.0. The van der Waals surface area contributed by atoms with Gasteiger partial charge in [-0.1, -0.05) is 98.0 Å². The van der Waals surface area contributed by atoms with E-state index in [1.807, 2.05) is 0 Å². The van der Waals surface area contributed by atoms with Gasteiger partial charge in [-0.25, -0.2) is 0 Å². The van der Waals surface area contributed by atoms with E-state index in [9.17, 15) is 0 Å². The van der Waals surface area contributed by atoms with Crippen molar-refractivity contribution in [3.05, 3.63) is 126 Å². The molecule has 40 heavy (non-hydrogen) atoms. The molecule has 0 aliphatic carbocycles. The lowest BCUT2D eigenvalue weighted by molar-refractivity contribution is 1.00. The molecule has 0 N–H and O–H groups in total. The SMILES string of the molecule is CC=Cc1c(C)n(/C(=C/C)C(=S)C(C)c2ccccc2C)c2ccc(-n3c4ccccc4c4ccccc43)cc12. The van der Waals surface area contributed by atoms with Crippen LogP contribution in [0.5, 0.6) is 0 Å². The van der Waals surface area contributed by atoms with Crippen molar-refractivity contribution >= 4 is 61.6 Å². The molecule has 0 amide bonds. The number of nitrogens with zero attached hydrogens (tertiary/aromatic N) is 2. The lowest BCUT2D eigenvalue weighted by Gasteiger charge is -2.21. The zero-order chi connectivity index (χ0) is 28.0. The van der Waals surface area contributed by atoms with Crippen LogP contribution < -0.4 is 0 Å². The number of para-hydroxylation sites is 2. The Labute approximate surface area is 241 Å². The lowest BCUT2D eigenvalue weighted by atomic mass is 9.92. The molecule has 0 bridgehead atoms. The zero-order valence-corrected chi connectivity index (χ0v) is 24.6. The van der Waals surface area contributed by atoms with E-state index in [1.165, 1.54) is 55.1 Å². The maximum absolute atomic E-state index is 6.20. The van der Waals surface area contributed by atoms with Gasteiger partial charge in [0.1, 0.15) is 0 Å². The molecule has 0 aliphatic heterocycles. The molecule has 0 aliphatic rings. The Morgan fingerprint density at radius 3 is 2.00 bits per heavy atom. The maximum atomic E-state index is 6.20. The van der Waals surface area contributed by atoms with Crippen LogP contribution in [0.2, 0.25) is 0 Å². The Kier molecular flexibility index (Phi) is 6.77. The highest BCUT2D eigenvalue weighted by atomic mass is 32.1. The smallest absolute Gasteiger partial charge is 0.0561 e. The monoisotopic (exact) mass is 538 g/mol. The van der Waals surface area contributed by atoms with Crippen LogP contribution in [-0.4, -0.2) is 14.0 Å². The normalized spacial score (nSPS) is 13.2. The minimum absolute atomic E-state index is 0.126. The van der Waals surface area contributed by atoms with Crippen molar-refractivity contribution in [2.24, 2.45) is 0 Å². The summed E-state index contributed by atoms with van der Waals surface area (Å²) in [5.41, 5.74) is 10.8. The molecule has 3 heteroatoms. The standard InChI is InChI=1S/C37H34N2S/c1-6-14-29-26(5)38(33(7-2)37(40)25(4)28-16-9-8-15-24(28)3)36-22-21-27(23-32(29)36)39-34-19-12-10-17-30(34)31-18-11-13-20-35(31)39/h6-23,25H,1-5H3/b14-6?,33-7+. The molecule has 1 unspecified atom stereocenters. The second-order valence-corrected chi connectivity index (χ2v) is 11.0. The molecule has 2 heterocycles.